The summed E-state index contributed by atoms with van der Waals surface area (Å²) in [5.74, 6) is 0. The number of hydrogen-bond acceptors (Lipinski definition) is 5. The third-order valence-electron chi connectivity index (χ3n) is 3.99. The van der Waals surface area contributed by atoms with Crippen LogP contribution in [0.1, 0.15) is 26.6 Å². The Balaban J connectivity index is 1.85. The van der Waals surface area contributed by atoms with E-state index >= 15 is 0 Å². The average molecular weight is 393 g/mol. The molecule has 0 saturated carbocycles. The Morgan fingerprint density at radius 2 is 1.88 bits per heavy atom. The van der Waals surface area contributed by atoms with Gasteiger partial charge in [0.2, 0.25) is 10.0 Å². The lowest BCUT2D eigenvalue weighted by atomic mass is 10.1. The van der Waals surface area contributed by atoms with Crippen molar-refractivity contribution in [3.63, 3.8) is 0 Å². The second-order valence-electron chi connectivity index (χ2n) is 6.04. The number of thiophene rings is 1. The molecule has 0 bridgehead atoms. The van der Waals surface area contributed by atoms with Crippen molar-refractivity contribution in [1.82, 2.24) is 9.71 Å². The number of nitrogens with zero attached hydrogens (tertiary/aromatic N) is 1. The van der Waals surface area contributed by atoms with Gasteiger partial charge in [-0.3, -0.25) is 0 Å². The van der Waals surface area contributed by atoms with Crippen LogP contribution >= 0.6 is 22.7 Å². The SMILES string of the molecule is Cc1ccc(C)c(CNS(=O)(=O)c2cc(-c3csc(C)n3)sc2C)c1. The fourth-order valence-electron chi connectivity index (χ4n) is 2.58. The van der Waals surface area contributed by atoms with Gasteiger partial charge in [-0.1, -0.05) is 23.8 Å². The van der Waals surface area contributed by atoms with E-state index in [1.165, 1.54) is 11.3 Å². The van der Waals surface area contributed by atoms with E-state index in [1.807, 2.05) is 51.3 Å². The molecule has 25 heavy (non-hydrogen) atoms. The molecule has 0 saturated heterocycles. The van der Waals surface area contributed by atoms with Gasteiger partial charge < -0.3 is 0 Å². The maximum atomic E-state index is 12.8. The molecule has 0 atom stereocenters. The van der Waals surface area contributed by atoms with Crippen molar-refractivity contribution in [2.24, 2.45) is 0 Å². The van der Waals surface area contributed by atoms with Crippen molar-refractivity contribution in [1.29, 1.82) is 0 Å². The smallest absolute Gasteiger partial charge is 0.241 e. The zero-order valence-corrected chi connectivity index (χ0v) is 17.0. The van der Waals surface area contributed by atoms with Crippen molar-refractivity contribution in [2.45, 2.75) is 39.1 Å². The fourth-order valence-corrected chi connectivity index (χ4v) is 5.82. The summed E-state index contributed by atoms with van der Waals surface area (Å²) in [6, 6.07) is 7.78. The maximum Gasteiger partial charge on any atom is 0.241 e. The minimum Gasteiger partial charge on any atom is -0.241 e. The number of benzene rings is 1. The molecule has 0 spiro atoms. The van der Waals surface area contributed by atoms with Gasteiger partial charge in [0.15, 0.2) is 0 Å². The molecule has 0 unspecified atom stereocenters. The fraction of sp³-hybridized carbons (Fsp3) is 0.278. The van der Waals surface area contributed by atoms with Crippen LogP contribution in [-0.2, 0) is 16.6 Å². The third kappa shape index (κ3) is 4.00. The summed E-state index contributed by atoms with van der Waals surface area (Å²) in [6.45, 7) is 8.05. The molecule has 0 aliphatic rings. The summed E-state index contributed by atoms with van der Waals surface area (Å²) in [7, 11) is -3.56. The van der Waals surface area contributed by atoms with Crippen molar-refractivity contribution >= 4 is 32.7 Å². The van der Waals surface area contributed by atoms with Crippen LogP contribution in [0.5, 0.6) is 0 Å². The number of rotatable bonds is 5. The van der Waals surface area contributed by atoms with Crippen LogP contribution in [0, 0.1) is 27.7 Å². The molecule has 4 nitrogen and oxygen atoms in total. The average Bonchev–Trinajstić information content (AvgIpc) is 3.14. The Labute approximate surface area is 156 Å². The van der Waals surface area contributed by atoms with Crippen LogP contribution in [0.3, 0.4) is 0 Å². The Hall–Kier alpha value is -1.54. The number of hydrogen-bond donors (Lipinski definition) is 1. The minimum absolute atomic E-state index is 0.288. The first-order chi connectivity index (χ1) is 11.8. The monoisotopic (exact) mass is 392 g/mol. The molecule has 0 amide bonds. The molecular formula is C18H20N2O2S3. The first-order valence-corrected chi connectivity index (χ1v) is 11.0. The lowest BCUT2D eigenvalue weighted by Gasteiger charge is -2.09. The molecule has 0 radical (unpaired) electrons. The van der Waals surface area contributed by atoms with E-state index in [9.17, 15) is 8.42 Å². The molecular weight excluding hydrogens is 372 g/mol. The van der Waals surface area contributed by atoms with Gasteiger partial charge >= 0.3 is 0 Å². The zero-order valence-electron chi connectivity index (χ0n) is 14.6. The van der Waals surface area contributed by atoms with E-state index < -0.39 is 10.0 Å². The van der Waals surface area contributed by atoms with Crippen molar-refractivity contribution in [3.8, 4) is 10.6 Å². The van der Waals surface area contributed by atoms with Crippen molar-refractivity contribution < 1.29 is 8.42 Å². The number of aromatic nitrogens is 1. The Kier molecular flexibility index (Phi) is 5.11. The Morgan fingerprint density at radius 1 is 1.12 bits per heavy atom. The Morgan fingerprint density at radius 3 is 2.56 bits per heavy atom. The minimum atomic E-state index is -3.56. The van der Waals surface area contributed by atoms with E-state index in [1.54, 1.807) is 17.4 Å². The highest BCUT2D eigenvalue weighted by Crippen LogP contribution is 2.34. The zero-order chi connectivity index (χ0) is 18.2. The van der Waals surface area contributed by atoms with Gasteiger partial charge in [0, 0.05) is 16.8 Å². The van der Waals surface area contributed by atoms with Gasteiger partial charge in [-0.25, -0.2) is 18.1 Å². The highest BCUT2D eigenvalue weighted by atomic mass is 32.2. The lowest BCUT2D eigenvalue weighted by Crippen LogP contribution is -2.23. The normalized spacial score (nSPS) is 11.8. The predicted octanol–water partition coefficient (Wildman–Crippen LogP) is 4.58. The molecule has 3 aromatic rings. The van der Waals surface area contributed by atoms with E-state index in [4.69, 9.17) is 0 Å². The summed E-state index contributed by atoms with van der Waals surface area (Å²) < 4.78 is 28.2. The van der Waals surface area contributed by atoms with Gasteiger partial charge in [-0.05, 0) is 44.9 Å². The van der Waals surface area contributed by atoms with Crippen LogP contribution in [0.25, 0.3) is 10.6 Å². The highest BCUT2D eigenvalue weighted by molar-refractivity contribution is 7.89. The molecule has 1 aromatic carbocycles. The van der Waals surface area contributed by atoms with E-state index in [-0.39, 0.29) is 6.54 Å². The van der Waals surface area contributed by atoms with Gasteiger partial charge in [0.1, 0.15) is 0 Å². The van der Waals surface area contributed by atoms with E-state index in [2.05, 4.69) is 9.71 Å². The molecule has 0 aliphatic carbocycles. The predicted molar refractivity (Wildman–Crippen MR) is 105 cm³/mol. The maximum absolute atomic E-state index is 12.8. The van der Waals surface area contributed by atoms with Gasteiger partial charge in [0.25, 0.3) is 0 Å². The van der Waals surface area contributed by atoms with Crippen LogP contribution in [0.4, 0.5) is 0 Å². The van der Waals surface area contributed by atoms with Crippen LogP contribution in [0.15, 0.2) is 34.5 Å². The largest absolute Gasteiger partial charge is 0.241 e. The van der Waals surface area contributed by atoms with E-state index in [0.29, 0.717) is 4.90 Å². The lowest BCUT2D eigenvalue weighted by molar-refractivity contribution is 0.581. The number of sulfonamides is 1. The summed E-state index contributed by atoms with van der Waals surface area (Å²) in [4.78, 5) is 6.44. The molecule has 3 rings (SSSR count). The second kappa shape index (κ2) is 6.99. The van der Waals surface area contributed by atoms with Crippen molar-refractivity contribution in [3.05, 3.63) is 56.2 Å². The molecule has 2 aromatic heterocycles. The summed E-state index contributed by atoms with van der Waals surface area (Å²) in [5.41, 5.74) is 4.03. The first kappa shape index (κ1) is 18.3. The van der Waals surface area contributed by atoms with Crippen LogP contribution < -0.4 is 4.72 Å². The Bertz CT molecular complexity index is 1020. The third-order valence-corrected chi connectivity index (χ3v) is 7.49. The molecule has 0 fully saturated rings. The molecule has 1 N–H and O–H groups in total. The molecule has 0 aliphatic heterocycles. The summed E-state index contributed by atoms with van der Waals surface area (Å²) >= 11 is 3.02. The number of thiazole rings is 1. The van der Waals surface area contributed by atoms with Crippen LogP contribution in [0.2, 0.25) is 0 Å². The van der Waals surface area contributed by atoms with Gasteiger partial charge in [-0.15, -0.1) is 22.7 Å². The topological polar surface area (TPSA) is 59.1 Å². The standard InChI is InChI=1S/C18H20N2O2S3/c1-11-5-6-12(2)15(7-11)9-19-25(21,22)18-8-17(24-13(18)3)16-10-23-14(4)20-16/h5-8,10,19H,9H2,1-4H3. The van der Waals surface area contributed by atoms with Gasteiger partial charge in [-0.2, -0.15) is 0 Å². The second-order valence-corrected chi connectivity index (χ2v) is 10.1. The van der Waals surface area contributed by atoms with Crippen molar-refractivity contribution in [2.75, 3.05) is 0 Å². The molecule has 132 valence electrons. The number of nitrogens with one attached hydrogen (secondary N) is 1. The summed E-state index contributed by atoms with van der Waals surface area (Å²) in [6.07, 6.45) is 0. The summed E-state index contributed by atoms with van der Waals surface area (Å²) in [5, 5.41) is 2.93. The van der Waals surface area contributed by atoms with Crippen LogP contribution in [-0.4, -0.2) is 13.4 Å². The number of aryl methyl sites for hydroxylation is 4. The van der Waals surface area contributed by atoms with E-state index in [0.717, 1.165) is 37.1 Å². The molecule has 2 heterocycles. The van der Waals surface area contributed by atoms with Gasteiger partial charge in [0.05, 0.1) is 20.5 Å². The first-order valence-electron chi connectivity index (χ1n) is 7.85. The quantitative estimate of drug-likeness (QED) is 0.691. The molecule has 7 heteroatoms. The highest BCUT2D eigenvalue weighted by Gasteiger charge is 2.21.